The van der Waals surface area contributed by atoms with Gasteiger partial charge in [-0.25, -0.2) is 0 Å². The second-order valence-corrected chi connectivity index (χ2v) is 8.00. The number of rotatable bonds is 4. The summed E-state index contributed by atoms with van der Waals surface area (Å²) in [6, 6.07) is 3.87. The lowest BCUT2D eigenvalue weighted by atomic mass is 9.75. The largest absolute Gasteiger partial charge is 0.493 e. The Kier molecular flexibility index (Phi) is 5.10. The number of benzene rings is 2. The maximum atomic E-state index is 11.3. The minimum Gasteiger partial charge on any atom is -0.493 e. The third-order valence-electron chi connectivity index (χ3n) is 6.20. The average Bonchev–Trinajstić information content (AvgIpc) is 3.19. The molecule has 7 heteroatoms. The van der Waals surface area contributed by atoms with Crippen molar-refractivity contribution >= 4 is 0 Å². The topological polar surface area (TPSA) is 75.6 Å². The van der Waals surface area contributed by atoms with Crippen LogP contribution in [0, 0.1) is 5.92 Å². The van der Waals surface area contributed by atoms with Gasteiger partial charge in [-0.15, -0.1) is 0 Å². The summed E-state index contributed by atoms with van der Waals surface area (Å²) in [6.07, 6.45) is 1.05. The lowest BCUT2D eigenvalue weighted by Crippen LogP contribution is -2.37. The van der Waals surface area contributed by atoms with E-state index in [0.29, 0.717) is 47.3 Å². The van der Waals surface area contributed by atoms with E-state index in [1.54, 1.807) is 28.4 Å². The van der Waals surface area contributed by atoms with Gasteiger partial charge in [0.25, 0.3) is 0 Å². The fraction of sp³-hybridized carbons (Fsp3) is 0.478. The van der Waals surface area contributed by atoms with Crippen LogP contribution in [0.4, 0.5) is 0 Å². The maximum absolute atomic E-state index is 11.3. The molecule has 7 nitrogen and oxygen atoms in total. The molecule has 0 spiro atoms. The number of methoxy groups -OCH3 is 4. The Morgan fingerprint density at radius 3 is 2.20 bits per heavy atom. The van der Waals surface area contributed by atoms with Crippen LogP contribution in [0.1, 0.15) is 25.0 Å². The van der Waals surface area contributed by atoms with Crippen LogP contribution in [0.5, 0.6) is 34.5 Å². The SMILES string of the molecule is COc1cc2c(c(OC)c1OC)-c1c(cc3c(c1OC)OCO3)C[C@@H](C)[C@@](C)(O)C2. The molecule has 0 aromatic heterocycles. The number of ether oxygens (including phenoxy) is 6. The van der Waals surface area contributed by atoms with Crippen molar-refractivity contribution in [2.75, 3.05) is 35.2 Å². The van der Waals surface area contributed by atoms with Gasteiger partial charge < -0.3 is 33.5 Å². The molecule has 0 saturated heterocycles. The zero-order valence-corrected chi connectivity index (χ0v) is 18.3. The van der Waals surface area contributed by atoms with Gasteiger partial charge in [0.15, 0.2) is 23.0 Å². The molecule has 1 heterocycles. The highest BCUT2D eigenvalue weighted by molar-refractivity contribution is 5.88. The molecule has 0 amide bonds. The average molecular weight is 416 g/mol. The quantitative estimate of drug-likeness (QED) is 0.816. The second-order valence-electron chi connectivity index (χ2n) is 8.00. The van der Waals surface area contributed by atoms with Crippen molar-refractivity contribution in [3.05, 3.63) is 23.3 Å². The van der Waals surface area contributed by atoms with E-state index in [0.717, 1.165) is 22.3 Å². The monoisotopic (exact) mass is 416 g/mol. The Hall–Kier alpha value is -2.80. The number of hydrogen-bond acceptors (Lipinski definition) is 7. The highest BCUT2D eigenvalue weighted by Crippen LogP contribution is 2.56. The van der Waals surface area contributed by atoms with Crippen molar-refractivity contribution in [1.29, 1.82) is 0 Å². The standard InChI is InChI=1S/C23H28O7/c1-12-7-13-8-16-20(30-11-29-16)22(28-6)17(13)18-14(10-23(12,2)24)9-15(25-3)19(26-4)21(18)27-5/h8-9,12,24H,7,10-11H2,1-6H3/t12-,23+/m1/s1. The molecule has 2 atom stereocenters. The molecule has 0 bridgehead atoms. The molecule has 1 aliphatic heterocycles. The van der Waals surface area contributed by atoms with Crippen LogP contribution in [0.3, 0.4) is 0 Å². The molecule has 1 N–H and O–H groups in total. The summed E-state index contributed by atoms with van der Waals surface area (Å²) in [6.45, 7) is 4.04. The van der Waals surface area contributed by atoms with Crippen LogP contribution in [-0.2, 0) is 12.8 Å². The summed E-state index contributed by atoms with van der Waals surface area (Å²) in [5.41, 5.74) is 2.57. The van der Waals surface area contributed by atoms with Gasteiger partial charge in [0.2, 0.25) is 18.3 Å². The summed E-state index contributed by atoms with van der Waals surface area (Å²) in [5.74, 6) is 3.32. The van der Waals surface area contributed by atoms with Crippen LogP contribution in [0.2, 0.25) is 0 Å². The van der Waals surface area contributed by atoms with Crippen molar-refractivity contribution < 1.29 is 33.5 Å². The molecule has 2 aliphatic rings. The normalized spacial score (nSPS) is 21.8. The summed E-state index contributed by atoms with van der Waals surface area (Å²) in [5, 5.41) is 11.3. The third-order valence-corrected chi connectivity index (χ3v) is 6.20. The van der Waals surface area contributed by atoms with Gasteiger partial charge in [-0.2, -0.15) is 0 Å². The van der Waals surface area contributed by atoms with Crippen LogP contribution in [0.25, 0.3) is 11.1 Å². The Labute approximate surface area is 176 Å². The first kappa shape index (κ1) is 20.5. The molecule has 4 rings (SSSR count). The Morgan fingerprint density at radius 1 is 0.900 bits per heavy atom. The van der Waals surface area contributed by atoms with E-state index >= 15 is 0 Å². The first-order valence-corrected chi connectivity index (χ1v) is 9.90. The van der Waals surface area contributed by atoms with E-state index < -0.39 is 5.60 Å². The van der Waals surface area contributed by atoms with Gasteiger partial charge in [-0.1, -0.05) is 6.92 Å². The van der Waals surface area contributed by atoms with E-state index in [2.05, 4.69) is 0 Å². The predicted molar refractivity (Wildman–Crippen MR) is 111 cm³/mol. The van der Waals surface area contributed by atoms with E-state index in [4.69, 9.17) is 28.4 Å². The molecule has 0 fully saturated rings. The van der Waals surface area contributed by atoms with Crippen molar-refractivity contribution in [2.24, 2.45) is 5.92 Å². The third kappa shape index (κ3) is 2.99. The van der Waals surface area contributed by atoms with Crippen LogP contribution in [-0.4, -0.2) is 45.9 Å². The second kappa shape index (κ2) is 7.47. The molecule has 1 aliphatic carbocycles. The molecule has 2 aromatic carbocycles. The molecular formula is C23H28O7. The first-order valence-electron chi connectivity index (χ1n) is 9.90. The number of fused-ring (bicyclic) bond motifs is 4. The first-order chi connectivity index (χ1) is 14.4. The summed E-state index contributed by atoms with van der Waals surface area (Å²) in [7, 11) is 6.37. The van der Waals surface area contributed by atoms with Gasteiger partial charge in [-0.3, -0.25) is 0 Å². The minimum absolute atomic E-state index is 0.0198. The van der Waals surface area contributed by atoms with E-state index in [1.165, 1.54) is 0 Å². The van der Waals surface area contributed by atoms with Crippen LogP contribution < -0.4 is 28.4 Å². The number of aliphatic hydroxyl groups is 1. The van der Waals surface area contributed by atoms with Crippen LogP contribution in [0.15, 0.2) is 12.1 Å². The van der Waals surface area contributed by atoms with Crippen molar-refractivity contribution in [1.82, 2.24) is 0 Å². The van der Waals surface area contributed by atoms with Crippen molar-refractivity contribution in [3.63, 3.8) is 0 Å². The minimum atomic E-state index is -0.944. The van der Waals surface area contributed by atoms with E-state index in [-0.39, 0.29) is 12.7 Å². The molecule has 30 heavy (non-hydrogen) atoms. The Morgan fingerprint density at radius 2 is 1.57 bits per heavy atom. The van der Waals surface area contributed by atoms with Crippen molar-refractivity contribution in [3.8, 4) is 45.6 Å². The Balaban J connectivity index is 2.14. The summed E-state index contributed by atoms with van der Waals surface area (Å²) >= 11 is 0. The van der Waals surface area contributed by atoms with Gasteiger partial charge in [-0.05, 0) is 42.5 Å². The fourth-order valence-corrected chi connectivity index (χ4v) is 4.42. The van der Waals surface area contributed by atoms with E-state index in [1.807, 2.05) is 26.0 Å². The fourth-order valence-electron chi connectivity index (χ4n) is 4.42. The molecule has 0 unspecified atom stereocenters. The highest BCUT2D eigenvalue weighted by atomic mass is 16.7. The van der Waals surface area contributed by atoms with Gasteiger partial charge in [0.1, 0.15) is 0 Å². The smallest absolute Gasteiger partial charge is 0.231 e. The lowest BCUT2D eigenvalue weighted by molar-refractivity contribution is 0.00629. The highest BCUT2D eigenvalue weighted by Gasteiger charge is 2.38. The zero-order chi connectivity index (χ0) is 21.6. The molecular weight excluding hydrogens is 388 g/mol. The van der Waals surface area contributed by atoms with E-state index in [9.17, 15) is 5.11 Å². The van der Waals surface area contributed by atoms with Crippen LogP contribution >= 0.6 is 0 Å². The number of hydrogen-bond donors (Lipinski definition) is 1. The molecule has 0 saturated carbocycles. The van der Waals surface area contributed by atoms with Gasteiger partial charge in [0, 0.05) is 17.5 Å². The Bertz CT molecular complexity index is 980. The maximum Gasteiger partial charge on any atom is 0.231 e. The zero-order valence-electron chi connectivity index (χ0n) is 18.3. The summed E-state index contributed by atoms with van der Waals surface area (Å²) < 4.78 is 34.2. The molecule has 0 radical (unpaired) electrons. The molecule has 2 aromatic rings. The van der Waals surface area contributed by atoms with Crippen molar-refractivity contribution in [2.45, 2.75) is 32.3 Å². The lowest BCUT2D eigenvalue weighted by Gasteiger charge is -2.35. The van der Waals surface area contributed by atoms with Gasteiger partial charge >= 0.3 is 0 Å². The van der Waals surface area contributed by atoms with Gasteiger partial charge in [0.05, 0.1) is 34.0 Å². The molecule has 162 valence electrons. The summed E-state index contributed by atoms with van der Waals surface area (Å²) in [4.78, 5) is 0. The predicted octanol–water partition coefficient (Wildman–Crippen LogP) is 3.60.